The van der Waals surface area contributed by atoms with Crippen LogP contribution in [-0.2, 0) is 4.79 Å². The smallest absolute Gasteiger partial charge is 0.225 e. The first-order valence-electron chi connectivity index (χ1n) is 6.74. The van der Waals surface area contributed by atoms with Crippen molar-refractivity contribution in [3.63, 3.8) is 0 Å². The van der Waals surface area contributed by atoms with E-state index in [1.807, 2.05) is 18.2 Å². The van der Waals surface area contributed by atoms with Gasteiger partial charge in [0.1, 0.15) is 0 Å². The van der Waals surface area contributed by atoms with Crippen LogP contribution in [0.1, 0.15) is 30.4 Å². The van der Waals surface area contributed by atoms with E-state index in [4.69, 9.17) is 0 Å². The van der Waals surface area contributed by atoms with Gasteiger partial charge in [0, 0.05) is 18.7 Å². The highest BCUT2D eigenvalue weighted by molar-refractivity contribution is 5.90. The summed E-state index contributed by atoms with van der Waals surface area (Å²) < 4.78 is 0. The minimum absolute atomic E-state index is 0.116. The fourth-order valence-corrected chi connectivity index (χ4v) is 2.31. The van der Waals surface area contributed by atoms with Crippen LogP contribution in [0, 0.1) is 13.8 Å². The molecule has 0 aliphatic carbocycles. The van der Waals surface area contributed by atoms with Crippen molar-refractivity contribution in [1.82, 2.24) is 4.90 Å². The standard InChI is InChI=1S/C15H22N2O/c1-12-5-6-14(11-13(12)2)16-15(18)7-10-17-8-3-4-9-17/h5-6,11H,3-4,7-10H2,1-2H3,(H,16,18). The monoisotopic (exact) mass is 246 g/mol. The van der Waals surface area contributed by atoms with Gasteiger partial charge in [-0.15, -0.1) is 0 Å². The largest absolute Gasteiger partial charge is 0.326 e. The summed E-state index contributed by atoms with van der Waals surface area (Å²) >= 11 is 0. The maximum absolute atomic E-state index is 11.8. The van der Waals surface area contributed by atoms with Gasteiger partial charge in [-0.25, -0.2) is 0 Å². The molecule has 1 aromatic rings. The SMILES string of the molecule is Cc1ccc(NC(=O)CCN2CCCC2)cc1C. The van der Waals surface area contributed by atoms with Gasteiger partial charge in [0.25, 0.3) is 0 Å². The normalized spacial score (nSPS) is 15.9. The summed E-state index contributed by atoms with van der Waals surface area (Å²) in [6.07, 6.45) is 3.14. The molecule has 0 bridgehead atoms. The second-order valence-electron chi connectivity index (χ2n) is 5.15. The lowest BCUT2D eigenvalue weighted by Crippen LogP contribution is -2.25. The van der Waals surface area contributed by atoms with E-state index in [2.05, 4.69) is 24.1 Å². The van der Waals surface area contributed by atoms with Gasteiger partial charge in [0.2, 0.25) is 5.91 Å². The van der Waals surface area contributed by atoms with E-state index in [0.717, 1.165) is 25.3 Å². The summed E-state index contributed by atoms with van der Waals surface area (Å²) in [5.41, 5.74) is 3.38. The average molecular weight is 246 g/mol. The van der Waals surface area contributed by atoms with Crippen LogP contribution in [0.3, 0.4) is 0 Å². The molecule has 2 rings (SSSR count). The summed E-state index contributed by atoms with van der Waals surface area (Å²) in [6, 6.07) is 6.05. The first kappa shape index (κ1) is 13.1. The molecular formula is C15H22N2O. The number of aryl methyl sites for hydroxylation is 2. The van der Waals surface area contributed by atoms with Gasteiger partial charge in [0.05, 0.1) is 0 Å². The molecule has 0 atom stereocenters. The maximum atomic E-state index is 11.8. The lowest BCUT2D eigenvalue weighted by molar-refractivity contribution is -0.116. The summed E-state index contributed by atoms with van der Waals surface area (Å²) in [6.45, 7) is 7.33. The van der Waals surface area contributed by atoms with Crippen molar-refractivity contribution in [3.8, 4) is 0 Å². The third-order valence-electron chi connectivity index (χ3n) is 3.64. The van der Waals surface area contributed by atoms with Crippen LogP contribution in [0.15, 0.2) is 18.2 Å². The molecule has 0 spiro atoms. The van der Waals surface area contributed by atoms with E-state index in [0.29, 0.717) is 6.42 Å². The van der Waals surface area contributed by atoms with E-state index >= 15 is 0 Å². The number of benzene rings is 1. The topological polar surface area (TPSA) is 32.3 Å². The molecule has 1 amide bonds. The molecule has 98 valence electrons. The Kier molecular flexibility index (Phi) is 4.37. The molecule has 1 aromatic carbocycles. The maximum Gasteiger partial charge on any atom is 0.225 e. The first-order valence-corrected chi connectivity index (χ1v) is 6.74. The van der Waals surface area contributed by atoms with E-state index in [1.54, 1.807) is 0 Å². The van der Waals surface area contributed by atoms with Crippen LogP contribution < -0.4 is 5.32 Å². The summed E-state index contributed by atoms with van der Waals surface area (Å²) in [5, 5.41) is 2.97. The van der Waals surface area contributed by atoms with E-state index in [1.165, 1.54) is 24.0 Å². The number of carbonyl (C=O) groups excluding carboxylic acids is 1. The molecule has 0 unspecified atom stereocenters. The molecule has 0 aromatic heterocycles. The van der Waals surface area contributed by atoms with Gasteiger partial charge in [-0.1, -0.05) is 6.07 Å². The van der Waals surface area contributed by atoms with Crippen molar-refractivity contribution in [2.45, 2.75) is 33.1 Å². The lowest BCUT2D eigenvalue weighted by Gasteiger charge is -2.14. The second kappa shape index (κ2) is 6.01. The number of likely N-dealkylation sites (tertiary alicyclic amines) is 1. The molecule has 3 heteroatoms. The highest BCUT2D eigenvalue weighted by Crippen LogP contribution is 2.14. The fraction of sp³-hybridized carbons (Fsp3) is 0.533. The van der Waals surface area contributed by atoms with Crippen LogP contribution in [-0.4, -0.2) is 30.4 Å². The molecule has 1 fully saturated rings. The Hall–Kier alpha value is -1.35. The van der Waals surface area contributed by atoms with Crippen LogP contribution in [0.25, 0.3) is 0 Å². The third kappa shape index (κ3) is 3.57. The number of hydrogen-bond acceptors (Lipinski definition) is 2. The minimum atomic E-state index is 0.116. The highest BCUT2D eigenvalue weighted by Gasteiger charge is 2.12. The number of hydrogen-bond donors (Lipinski definition) is 1. The van der Waals surface area contributed by atoms with Gasteiger partial charge in [-0.3, -0.25) is 4.79 Å². The van der Waals surface area contributed by atoms with Crippen LogP contribution in [0.2, 0.25) is 0 Å². The van der Waals surface area contributed by atoms with Gasteiger partial charge in [0.15, 0.2) is 0 Å². The average Bonchev–Trinajstić information content (AvgIpc) is 2.84. The van der Waals surface area contributed by atoms with Gasteiger partial charge in [-0.05, 0) is 63.0 Å². The fourth-order valence-electron chi connectivity index (χ4n) is 2.31. The molecule has 3 nitrogen and oxygen atoms in total. The van der Waals surface area contributed by atoms with E-state index in [9.17, 15) is 4.79 Å². The van der Waals surface area contributed by atoms with E-state index < -0.39 is 0 Å². The first-order chi connectivity index (χ1) is 8.65. The third-order valence-corrected chi connectivity index (χ3v) is 3.64. The Morgan fingerprint density at radius 1 is 1.22 bits per heavy atom. The molecular weight excluding hydrogens is 224 g/mol. The summed E-state index contributed by atoms with van der Waals surface area (Å²) in [5.74, 6) is 0.116. The highest BCUT2D eigenvalue weighted by atomic mass is 16.1. The van der Waals surface area contributed by atoms with Crippen molar-refractivity contribution in [3.05, 3.63) is 29.3 Å². The second-order valence-corrected chi connectivity index (χ2v) is 5.15. The van der Waals surface area contributed by atoms with Crippen molar-refractivity contribution in [2.24, 2.45) is 0 Å². The number of rotatable bonds is 4. The molecule has 0 radical (unpaired) electrons. The number of carbonyl (C=O) groups is 1. The van der Waals surface area contributed by atoms with Crippen LogP contribution >= 0.6 is 0 Å². The van der Waals surface area contributed by atoms with Crippen molar-refractivity contribution >= 4 is 11.6 Å². The zero-order valence-corrected chi connectivity index (χ0v) is 11.3. The van der Waals surface area contributed by atoms with E-state index in [-0.39, 0.29) is 5.91 Å². The molecule has 1 aliphatic rings. The van der Waals surface area contributed by atoms with Crippen molar-refractivity contribution in [2.75, 3.05) is 25.0 Å². The number of nitrogens with zero attached hydrogens (tertiary/aromatic N) is 1. The molecule has 1 aliphatic heterocycles. The summed E-state index contributed by atoms with van der Waals surface area (Å²) in [7, 11) is 0. The van der Waals surface area contributed by atoms with Crippen molar-refractivity contribution < 1.29 is 4.79 Å². The zero-order valence-electron chi connectivity index (χ0n) is 11.3. The minimum Gasteiger partial charge on any atom is -0.326 e. The number of nitrogens with one attached hydrogen (secondary N) is 1. The zero-order chi connectivity index (χ0) is 13.0. The lowest BCUT2D eigenvalue weighted by atomic mass is 10.1. The Balaban J connectivity index is 1.80. The number of amides is 1. The van der Waals surface area contributed by atoms with Gasteiger partial charge in [-0.2, -0.15) is 0 Å². The summed E-state index contributed by atoms with van der Waals surface area (Å²) in [4.78, 5) is 14.2. The van der Waals surface area contributed by atoms with Crippen LogP contribution in [0.4, 0.5) is 5.69 Å². The Morgan fingerprint density at radius 3 is 2.61 bits per heavy atom. The van der Waals surface area contributed by atoms with Gasteiger partial charge < -0.3 is 10.2 Å². The molecule has 18 heavy (non-hydrogen) atoms. The molecule has 1 heterocycles. The predicted molar refractivity (Wildman–Crippen MR) is 74.8 cm³/mol. The Morgan fingerprint density at radius 2 is 1.94 bits per heavy atom. The molecule has 0 saturated carbocycles. The molecule has 1 N–H and O–H groups in total. The Labute approximate surface area is 109 Å². The quantitative estimate of drug-likeness (QED) is 0.886. The molecule has 1 saturated heterocycles. The van der Waals surface area contributed by atoms with Crippen LogP contribution in [0.5, 0.6) is 0 Å². The van der Waals surface area contributed by atoms with Gasteiger partial charge >= 0.3 is 0 Å². The Bertz CT molecular complexity index is 423. The number of anilines is 1. The predicted octanol–water partition coefficient (Wildman–Crippen LogP) is 2.73. The van der Waals surface area contributed by atoms with Crippen molar-refractivity contribution in [1.29, 1.82) is 0 Å².